The molecule has 2 rings (SSSR count). The maximum Gasteiger partial charge on any atom is 0.328 e. The summed E-state index contributed by atoms with van der Waals surface area (Å²) in [7, 11) is 0. The molecule has 0 amide bonds. The Bertz CT molecular complexity index is 489. The quantitative estimate of drug-likeness (QED) is 0.788. The van der Waals surface area contributed by atoms with Crippen LogP contribution in [-0.2, 0) is 4.79 Å². The fourth-order valence-corrected chi connectivity index (χ4v) is 1.39. The third kappa shape index (κ3) is 2.26. The van der Waals surface area contributed by atoms with Crippen molar-refractivity contribution in [1.82, 2.24) is 15.2 Å². The van der Waals surface area contributed by atoms with Crippen LogP contribution in [0.15, 0.2) is 21.4 Å². The lowest BCUT2D eigenvalue weighted by Crippen LogP contribution is -1.85. The molecule has 0 spiro atoms. The Morgan fingerprint density at radius 3 is 3.07 bits per heavy atom. The van der Waals surface area contributed by atoms with E-state index >= 15 is 0 Å². The molecular weight excluding hydrogens is 218 g/mol. The van der Waals surface area contributed by atoms with Gasteiger partial charge in [-0.25, -0.2) is 9.78 Å². The molecule has 0 fully saturated rings. The molecule has 1 N–H and O–H groups in total. The van der Waals surface area contributed by atoms with Crippen LogP contribution in [0.2, 0.25) is 0 Å². The van der Waals surface area contributed by atoms with Crippen LogP contribution in [0, 0.1) is 0 Å². The van der Waals surface area contributed by atoms with E-state index in [1.54, 1.807) is 10.9 Å². The van der Waals surface area contributed by atoms with Crippen LogP contribution >= 0.6 is 11.3 Å². The van der Waals surface area contributed by atoms with Gasteiger partial charge in [-0.05, 0) is 0 Å². The molecule has 76 valence electrons. The summed E-state index contributed by atoms with van der Waals surface area (Å²) in [4.78, 5) is 14.2. The highest BCUT2D eigenvalue weighted by Gasteiger charge is 2.07. The van der Waals surface area contributed by atoms with Crippen LogP contribution in [0.1, 0.15) is 5.89 Å². The van der Waals surface area contributed by atoms with Gasteiger partial charge >= 0.3 is 5.97 Å². The van der Waals surface area contributed by atoms with E-state index in [0.717, 1.165) is 6.08 Å². The highest BCUT2D eigenvalue weighted by molar-refractivity contribution is 7.07. The normalized spacial score (nSPS) is 10.9. The van der Waals surface area contributed by atoms with Crippen molar-refractivity contribution < 1.29 is 14.3 Å². The molecule has 7 heteroatoms. The molecule has 0 aromatic carbocycles. The van der Waals surface area contributed by atoms with Crippen molar-refractivity contribution in [2.75, 3.05) is 0 Å². The van der Waals surface area contributed by atoms with Gasteiger partial charge in [0.05, 0.1) is 5.51 Å². The number of hydrogen-bond donors (Lipinski definition) is 1. The molecule has 0 unspecified atom stereocenters. The zero-order chi connectivity index (χ0) is 10.7. The molecule has 2 heterocycles. The third-order valence-electron chi connectivity index (χ3n) is 1.46. The van der Waals surface area contributed by atoms with Crippen molar-refractivity contribution in [2.24, 2.45) is 0 Å². The number of aliphatic carboxylic acids is 1. The molecule has 6 nitrogen and oxygen atoms in total. The zero-order valence-electron chi connectivity index (χ0n) is 7.32. The van der Waals surface area contributed by atoms with Crippen molar-refractivity contribution in [3.05, 3.63) is 22.9 Å². The number of hydrogen-bond acceptors (Lipinski definition) is 6. The topological polar surface area (TPSA) is 89.1 Å². The highest BCUT2D eigenvalue weighted by Crippen LogP contribution is 2.17. The lowest BCUT2D eigenvalue weighted by Gasteiger charge is -1.83. The SMILES string of the molecule is O=C(O)/C=C/c1nnc(-c2cscn2)o1. The first-order valence-corrected chi connectivity index (χ1v) is 4.83. The van der Waals surface area contributed by atoms with E-state index in [1.165, 1.54) is 17.4 Å². The predicted octanol–water partition coefficient (Wildman–Crippen LogP) is 1.29. The molecule has 0 radical (unpaired) electrons. The summed E-state index contributed by atoms with van der Waals surface area (Å²) in [6, 6.07) is 0. The van der Waals surface area contributed by atoms with Crippen molar-refractivity contribution in [3.63, 3.8) is 0 Å². The summed E-state index contributed by atoms with van der Waals surface area (Å²) in [5, 5.41) is 17.5. The van der Waals surface area contributed by atoms with E-state index in [9.17, 15) is 4.79 Å². The summed E-state index contributed by atoms with van der Waals surface area (Å²) >= 11 is 1.41. The van der Waals surface area contributed by atoms with Crippen molar-refractivity contribution >= 4 is 23.4 Å². The van der Waals surface area contributed by atoms with Crippen molar-refractivity contribution in [3.8, 4) is 11.6 Å². The fraction of sp³-hybridized carbons (Fsp3) is 0. The van der Waals surface area contributed by atoms with Crippen LogP contribution in [0.25, 0.3) is 17.7 Å². The average Bonchev–Trinajstić information content (AvgIpc) is 2.85. The van der Waals surface area contributed by atoms with Gasteiger partial charge in [0.25, 0.3) is 5.89 Å². The summed E-state index contributed by atoms with van der Waals surface area (Å²) < 4.78 is 5.15. The monoisotopic (exact) mass is 223 g/mol. The molecule has 0 atom stereocenters. The Morgan fingerprint density at radius 2 is 2.40 bits per heavy atom. The molecule has 0 saturated heterocycles. The first kappa shape index (κ1) is 9.53. The Labute approximate surface area is 87.9 Å². The number of aromatic nitrogens is 3. The molecule has 15 heavy (non-hydrogen) atoms. The molecular formula is C8H5N3O3S. The van der Waals surface area contributed by atoms with Gasteiger partial charge in [0.1, 0.15) is 5.69 Å². The standard InChI is InChI=1S/C8H5N3O3S/c12-7(13)2-1-6-10-11-8(14-6)5-3-15-4-9-5/h1-4H,(H,12,13)/b2-1+. The Balaban J connectivity index is 2.21. The summed E-state index contributed by atoms with van der Waals surface area (Å²) in [6.07, 6.45) is 2.16. The second-order valence-electron chi connectivity index (χ2n) is 2.49. The van der Waals surface area contributed by atoms with Crippen LogP contribution in [0.5, 0.6) is 0 Å². The molecule has 0 saturated carbocycles. The second kappa shape index (κ2) is 4.01. The summed E-state index contributed by atoms with van der Waals surface area (Å²) in [6.45, 7) is 0. The predicted molar refractivity (Wildman–Crippen MR) is 52.1 cm³/mol. The van der Waals surface area contributed by atoms with E-state index in [4.69, 9.17) is 9.52 Å². The Kier molecular flexibility index (Phi) is 2.55. The number of carboxylic acid groups (broad SMARTS) is 1. The van der Waals surface area contributed by atoms with Gasteiger partial charge in [-0.2, -0.15) is 0 Å². The van der Waals surface area contributed by atoms with Crippen LogP contribution in [-0.4, -0.2) is 26.3 Å². The van der Waals surface area contributed by atoms with E-state index in [1.807, 2.05) is 0 Å². The summed E-state index contributed by atoms with van der Waals surface area (Å²) in [5.74, 6) is -0.648. The average molecular weight is 223 g/mol. The number of carbonyl (C=O) groups is 1. The van der Waals surface area contributed by atoms with E-state index in [2.05, 4.69) is 15.2 Å². The largest absolute Gasteiger partial charge is 0.478 e. The minimum absolute atomic E-state index is 0.139. The molecule has 2 aromatic rings. The number of rotatable bonds is 3. The first-order chi connectivity index (χ1) is 7.25. The Morgan fingerprint density at radius 1 is 1.53 bits per heavy atom. The fourth-order valence-electron chi connectivity index (χ4n) is 0.866. The number of carboxylic acids is 1. The molecule has 0 bridgehead atoms. The maximum atomic E-state index is 10.2. The molecule has 0 aliphatic heterocycles. The van der Waals surface area contributed by atoms with E-state index in [0.29, 0.717) is 5.69 Å². The lowest BCUT2D eigenvalue weighted by atomic mass is 10.5. The van der Waals surface area contributed by atoms with Gasteiger partial charge in [-0.1, -0.05) is 0 Å². The van der Waals surface area contributed by atoms with Crippen LogP contribution in [0.3, 0.4) is 0 Å². The minimum Gasteiger partial charge on any atom is -0.478 e. The number of thiazole rings is 1. The van der Waals surface area contributed by atoms with Gasteiger partial charge in [-0.15, -0.1) is 21.5 Å². The Hall–Kier alpha value is -2.02. The second-order valence-corrected chi connectivity index (χ2v) is 3.21. The number of nitrogens with zero attached hydrogens (tertiary/aromatic N) is 3. The van der Waals surface area contributed by atoms with Gasteiger partial charge in [0, 0.05) is 17.5 Å². The molecule has 0 aliphatic rings. The van der Waals surface area contributed by atoms with Crippen molar-refractivity contribution in [1.29, 1.82) is 0 Å². The van der Waals surface area contributed by atoms with Crippen LogP contribution in [0.4, 0.5) is 0 Å². The molecule has 2 aromatic heterocycles. The molecule has 0 aliphatic carbocycles. The van der Waals surface area contributed by atoms with Gasteiger partial charge in [0.15, 0.2) is 0 Å². The maximum absolute atomic E-state index is 10.2. The lowest BCUT2D eigenvalue weighted by molar-refractivity contribution is -0.131. The highest BCUT2D eigenvalue weighted by atomic mass is 32.1. The zero-order valence-corrected chi connectivity index (χ0v) is 8.14. The van der Waals surface area contributed by atoms with Crippen LogP contribution < -0.4 is 0 Å². The summed E-state index contributed by atoms with van der Waals surface area (Å²) in [5.41, 5.74) is 2.23. The van der Waals surface area contributed by atoms with E-state index in [-0.39, 0.29) is 11.8 Å². The van der Waals surface area contributed by atoms with Gasteiger partial charge in [-0.3, -0.25) is 0 Å². The van der Waals surface area contributed by atoms with Gasteiger partial charge < -0.3 is 9.52 Å². The van der Waals surface area contributed by atoms with Crippen molar-refractivity contribution in [2.45, 2.75) is 0 Å². The van der Waals surface area contributed by atoms with E-state index < -0.39 is 5.97 Å². The third-order valence-corrected chi connectivity index (χ3v) is 2.05. The van der Waals surface area contributed by atoms with Gasteiger partial charge in [0.2, 0.25) is 5.89 Å². The minimum atomic E-state index is -1.07. The first-order valence-electron chi connectivity index (χ1n) is 3.89. The smallest absolute Gasteiger partial charge is 0.328 e.